The molecule has 4 aromatic rings. The fourth-order valence-electron chi connectivity index (χ4n) is 3.41. The number of carbonyl (C=O) groups excluding carboxylic acids is 1. The molecule has 0 aliphatic heterocycles. The van der Waals surface area contributed by atoms with E-state index in [2.05, 4.69) is 15.2 Å². The standard InChI is InChI=1S/C23H19F2N5O3S/c1-13-3-7-18(29-28-13)23(31)30(20-8-6-16(24)11-21(20)34(2,32)33)12-14-4-5-15-10-17(25)22(26)27-19(15)9-14/h3-11H,12H2,1-2H3,(H2,26,27). The van der Waals surface area contributed by atoms with Gasteiger partial charge in [-0.2, -0.15) is 5.10 Å². The lowest BCUT2D eigenvalue weighted by atomic mass is 10.1. The van der Waals surface area contributed by atoms with Crippen LogP contribution in [0.1, 0.15) is 21.7 Å². The second-order valence-electron chi connectivity index (χ2n) is 7.72. The molecule has 34 heavy (non-hydrogen) atoms. The van der Waals surface area contributed by atoms with E-state index in [0.29, 0.717) is 22.2 Å². The quantitative estimate of drug-likeness (QED) is 0.462. The number of benzene rings is 2. The van der Waals surface area contributed by atoms with Crippen molar-refractivity contribution in [1.82, 2.24) is 15.2 Å². The van der Waals surface area contributed by atoms with Gasteiger partial charge in [-0.15, -0.1) is 5.10 Å². The van der Waals surface area contributed by atoms with Crippen LogP contribution in [0.5, 0.6) is 0 Å². The first-order valence-corrected chi connectivity index (χ1v) is 11.9. The predicted octanol–water partition coefficient (Wildman–Crippen LogP) is 3.44. The van der Waals surface area contributed by atoms with Crippen molar-refractivity contribution in [2.45, 2.75) is 18.4 Å². The lowest BCUT2D eigenvalue weighted by Crippen LogP contribution is -2.32. The van der Waals surface area contributed by atoms with E-state index in [0.717, 1.165) is 18.4 Å². The molecule has 0 aliphatic rings. The van der Waals surface area contributed by atoms with Crippen molar-refractivity contribution in [3.63, 3.8) is 0 Å². The molecule has 4 rings (SSSR count). The molecule has 1 amide bonds. The summed E-state index contributed by atoms with van der Waals surface area (Å²) in [4.78, 5) is 18.3. The highest BCUT2D eigenvalue weighted by Crippen LogP contribution is 2.30. The summed E-state index contributed by atoms with van der Waals surface area (Å²) < 4.78 is 52.5. The van der Waals surface area contributed by atoms with Gasteiger partial charge >= 0.3 is 0 Å². The van der Waals surface area contributed by atoms with Crippen molar-refractivity contribution in [2.75, 3.05) is 16.9 Å². The molecule has 11 heteroatoms. The van der Waals surface area contributed by atoms with Crippen molar-refractivity contribution < 1.29 is 22.0 Å². The Morgan fingerprint density at radius 2 is 1.79 bits per heavy atom. The molecule has 2 aromatic carbocycles. The van der Waals surface area contributed by atoms with Crippen LogP contribution in [0, 0.1) is 18.6 Å². The summed E-state index contributed by atoms with van der Waals surface area (Å²) in [7, 11) is -3.90. The van der Waals surface area contributed by atoms with Crippen molar-refractivity contribution in [3.05, 3.63) is 83.2 Å². The van der Waals surface area contributed by atoms with E-state index < -0.39 is 27.4 Å². The topological polar surface area (TPSA) is 119 Å². The van der Waals surface area contributed by atoms with Gasteiger partial charge in [-0.1, -0.05) is 12.1 Å². The highest BCUT2D eigenvalue weighted by molar-refractivity contribution is 7.90. The Morgan fingerprint density at radius 3 is 2.47 bits per heavy atom. The third kappa shape index (κ3) is 4.69. The zero-order chi connectivity index (χ0) is 24.6. The Labute approximate surface area is 194 Å². The van der Waals surface area contributed by atoms with Gasteiger partial charge in [0.2, 0.25) is 0 Å². The van der Waals surface area contributed by atoms with Crippen LogP contribution < -0.4 is 10.6 Å². The number of fused-ring (bicyclic) bond motifs is 1. The van der Waals surface area contributed by atoms with Crippen molar-refractivity contribution >= 4 is 38.2 Å². The van der Waals surface area contributed by atoms with E-state index in [4.69, 9.17) is 5.73 Å². The zero-order valence-corrected chi connectivity index (χ0v) is 19.0. The van der Waals surface area contributed by atoms with Crippen LogP contribution in [0.2, 0.25) is 0 Å². The molecule has 2 aromatic heterocycles. The van der Waals surface area contributed by atoms with Crippen LogP contribution in [-0.2, 0) is 16.4 Å². The Balaban J connectivity index is 1.85. The van der Waals surface area contributed by atoms with Gasteiger partial charge in [0.25, 0.3) is 5.91 Å². The molecule has 0 aliphatic carbocycles. The number of halogens is 2. The van der Waals surface area contributed by atoms with Gasteiger partial charge in [0.15, 0.2) is 27.2 Å². The Hall–Kier alpha value is -3.99. The molecule has 0 bridgehead atoms. The van der Waals surface area contributed by atoms with Crippen LogP contribution >= 0.6 is 0 Å². The average Bonchev–Trinajstić information content (AvgIpc) is 2.78. The summed E-state index contributed by atoms with van der Waals surface area (Å²) in [6.07, 6.45) is 0.927. The molecule has 2 heterocycles. The normalized spacial score (nSPS) is 11.5. The van der Waals surface area contributed by atoms with Gasteiger partial charge in [-0.25, -0.2) is 22.2 Å². The van der Waals surface area contributed by atoms with Crippen LogP contribution in [0.15, 0.2) is 59.5 Å². The molecule has 0 atom stereocenters. The van der Waals surface area contributed by atoms with Crippen molar-refractivity contribution in [2.24, 2.45) is 0 Å². The Kier molecular flexibility index (Phi) is 5.96. The van der Waals surface area contributed by atoms with Gasteiger partial charge in [0, 0.05) is 11.6 Å². The van der Waals surface area contributed by atoms with Gasteiger partial charge in [0.05, 0.1) is 28.3 Å². The summed E-state index contributed by atoms with van der Waals surface area (Å²) in [5, 5.41) is 8.30. The number of nitrogens with zero attached hydrogens (tertiary/aromatic N) is 4. The first-order chi connectivity index (χ1) is 16.0. The average molecular weight is 484 g/mol. The molecule has 0 saturated carbocycles. The molecule has 0 unspecified atom stereocenters. The monoisotopic (exact) mass is 483 g/mol. The number of amides is 1. The van der Waals surface area contributed by atoms with Gasteiger partial charge in [-0.05, 0) is 55.0 Å². The highest BCUT2D eigenvalue weighted by atomic mass is 32.2. The van der Waals surface area contributed by atoms with E-state index in [9.17, 15) is 22.0 Å². The summed E-state index contributed by atoms with van der Waals surface area (Å²) in [6.45, 7) is 1.59. The molecule has 2 N–H and O–H groups in total. The van der Waals surface area contributed by atoms with E-state index >= 15 is 0 Å². The summed E-state index contributed by atoms with van der Waals surface area (Å²) in [5.41, 5.74) is 7.05. The molecular formula is C23H19F2N5O3S. The second kappa shape index (κ2) is 8.75. The molecule has 0 saturated heterocycles. The summed E-state index contributed by atoms with van der Waals surface area (Å²) in [5.74, 6) is -2.33. The van der Waals surface area contributed by atoms with E-state index in [1.807, 2.05) is 0 Å². The number of hydrogen-bond acceptors (Lipinski definition) is 7. The highest BCUT2D eigenvalue weighted by Gasteiger charge is 2.26. The first kappa shape index (κ1) is 23.2. The van der Waals surface area contributed by atoms with Crippen LogP contribution in [0.3, 0.4) is 0 Å². The van der Waals surface area contributed by atoms with Gasteiger partial charge in [0.1, 0.15) is 5.82 Å². The predicted molar refractivity (Wildman–Crippen MR) is 123 cm³/mol. The number of pyridine rings is 1. The minimum atomic E-state index is -3.90. The number of carbonyl (C=O) groups is 1. The fourth-order valence-corrected chi connectivity index (χ4v) is 4.29. The van der Waals surface area contributed by atoms with Crippen LogP contribution in [0.25, 0.3) is 10.9 Å². The lowest BCUT2D eigenvalue weighted by molar-refractivity contribution is 0.0978. The maximum Gasteiger partial charge on any atom is 0.279 e. The summed E-state index contributed by atoms with van der Waals surface area (Å²) >= 11 is 0. The molecule has 0 fully saturated rings. The largest absolute Gasteiger partial charge is 0.381 e. The van der Waals surface area contributed by atoms with Crippen molar-refractivity contribution in [3.8, 4) is 0 Å². The molecule has 0 spiro atoms. The molecule has 0 radical (unpaired) electrons. The van der Waals surface area contributed by atoms with E-state index in [1.165, 1.54) is 23.1 Å². The maximum atomic E-state index is 13.9. The zero-order valence-electron chi connectivity index (χ0n) is 18.2. The number of aryl methyl sites for hydroxylation is 1. The van der Waals surface area contributed by atoms with Crippen molar-refractivity contribution in [1.29, 1.82) is 0 Å². The number of rotatable bonds is 5. The number of sulfone groups is 1. The Morgan fingerprint density at radius 1 is 1.03 bits per heavy atom. The summed E-state index contributed by atoms with van der Waals surface area (Å²) in [6, 6.07) is 12.3. The third-order valence-corrected chi connectivity index (χ3v) is 6.20. The Bertz CT molecular complexity index is 1530. The van der Waals surface area contributed by atoms with Gasteiger partial charge in [-0.3, -0.25) is 4.79 Å². The van der Waals surface area contributed by atoms with E-state index in [1.54, 1.807) is 31.2 Å². The molecule has 174 valence electrons. The van der Waals surface area contributed by atoms with Crippen LogP contribution in [0.4, 0.5) is 20.3 Å². The second-order valence-corrected chi connectivity index (χ2v) is 9.70. The number of hydrogen-bond donors (Lipinski definition) is 1. The van der Waals surface area contributed by atoms with Gasteiger partial charge < -0.3 is 10.6 Å². The first-order valence-electron chi connectivity index (χ1n) is 9.99. The number of anilines is 2. The number of nitrogen functional groups attached to an aromatic ring is 1. The number of nitrogens with two attached hydrogens (primary N) is 1. The maximum absolute atomic E-state index is 13.9. The fraction of sp³-hybridized carbons (Fsp3) is 0.130. The van der Waals surface area contributed by atoms with Crippen LogP contribution in [-0.4, -0.2) is 35.8 Å². The van der Waals surface area contributed by atoms with E-state index in [-0.39, 0.29) is 28.6 Å². The molecule has 8 nitrogen and oxygen atoms in total. The SMILES string of the molecule is Cc1ccc(C(=O)N(Cc2ccc3cc(F)c(N)nc3c2)c2ccc(F)cc2S(C)(=O)=O)nn1. The minimum absolute atomic E-state index is 0.0250. The smallest absolute Gasteiger partial charge is 0.279 e. The third-order valence-electron chi connectivity index (χ3n) is 5.08. The minimum Gasteiger partial charge on any atom is -0.381 e. The molecular weight excluding hydrogens is 464 g/mol. The lowest BCUT2D eigenvalue weighted by Gasteiger charge is -2.25. The number of aromatic nitrogens is 3.